The van der Waals surface area contributed by atoms with E-state index in [4.69, 9.17) is 5.11 Å². The average Bonchev–Trinajstić information content (AvgIpc) is 1.79. The zero-order valence-corrected chi connectivity index (χ0v) is 8.22. The molecular formula is C8H16FeO2. The minimum atomic E-state index is -0.677. The van der Waals surface area contributed by atoms with Gasteiger partial charge in [0.1, 0.15) is 0 Å². The third-order valence-electron chi connectivity index (χ3n) is 1.42. The Morgan fingerprint density at radius 2 is 1.91 bits per heavy atom. The van der Waals surface area contributed by atoms with Crippen LogP contribution in [0.1, 0.15) is 39.5 Å². The molecule has 0 amide bonds. The van der Waals surface area contributed by atoms with Crippen molar-refractivity contribution in [2.45, 2.75) is 39.5 Å². The van der Waals surface area contributed by atoms with Crippen LogP contribution in [0, 0.1) is 5.92 Å². The summed E-state index contributed by atoms with van der Waals surface area (Å²) in [4.78, 5) is 10.0. The first-order chi connectivity index (χ1) is 4.63. The Hall–Kier alpha value is -0.0105. The first kappa shape index (κ1) is 13.6. The van der Waals surface area contributed by atoms with E-state index in [-0.39, 0.29) is 17.1 Å². The molecule has 0 radical (unpaired) electrons. The molecule has 0 aliphatic carbocycles. The fourth-order valence-electron chi connectivity index (χ4n) is 0.829. The molecule has 0 aliphatic heterocycles. The summed E-state index contributed by atoms with van der Waals surface area (Å²) in [5.41, 5.74) is 0. The fraction of sp³-hybridized carbons (Fsp3) is 0.875. The van der Waals surface area contributed by atoms with Gasteiger partial charge in [-0.2, -0.15) is 0 Å². The van der Waals surface area contributed by atoms with E-state index in [1.807, 2.05) is 0 Å². The maximum absolute atomic E-state index is 10.0. The maximum Gasteiger partial charge on any atom is 0.303 e. The quantitative estimate of drug-likeness (QED) is 0.546. The Balaban J connectivity index is 0. The van der Waals surface area contributed by atoms with Crippen LogP contribution in [0.5, 0.6) is 0 Å². The van der Waals surface area contributed by atoms with Gasteiger partial charge in [-0.05, 0) is 12.3 Å². The van der Waals surface area contributed by atoms with Gasteiger partial charge in [0.2, 0.25) is 0 Å². The van der Waals surface area contributed by atoms with E-state index in [0.29, 0.717) is 12.3 Å². The summed E-state index contributed by atoms with van der Waals surface area (Å²) in [6.07, 6.45) is 3.34. The van der Waals surface area contributed by atoms with Crippen molar-refractivity contribution in [3.05, 3.63) is 0 Å². The fourth-order valence-corrected chi connectivity index (χ4v) is 0.829. The van der Waals surface area contributed by atoms with Crippen LogP contribution in [-0.2, 0) is 21.9 Å². The topological polar surface area (TPSA) is 37.3 Å². The molecule has 11 heavy (non-hydrogen) atoms. The molecule has 0 heterocycles. The van der Waals surface area contributed by atoms with E-state index in [1.165, 1.54) is 0 Å². The first-order valence-electron chi connectivity index (χ1n) is 3.84. The van der Waals surface area contributed by atoms with E-state index in [0.717, 1.165) is 19.3 Å². The number of rotatable bonds is 5. The summed E-state index contributed by atoms with van der Waals surface area (Å²) in [5, 5.41) is 8.28. The summed E-state index contributed by atoms with van der Waals surface area (Å²) in [6.45, 7) is 4.31. The van der Waals surface area contributed by atoms with Crippen molar-refractivity contribution >= 4 is 5.97 Å². The minimum Gasteiger partial charge on any atom is -0.481 e. The number of hydrogen-bond acceptors (Lipinski definition) is 1. The van der Waals surface area contributed by atoms with Gasteiger partial charge in [0, 0.05) is 23.5 Å². The minimum absolute atomic E-state index is 0. The zero-order chi connectivity index (χ0) is 7.98. The van der Waals surface area contributed by atoms with Gasteiger partial charge >= 0.3 is 5.97 Å². The number of unbranched alkanes of at least 4 members (excludes halogenated alkanes) is 1. The molecule has 0 aromatic rings. The molecule has 3 heteroatoms. The Morgan fingerprint density at radius 3 is 2.27 bits per heavy atom. The van der Waals surface area contributed by atoms with Crippen LogP contribution in [0.2, 0.25) is 0 Å². The van der Waals surface area contributed by atoms with Crippen molar-refractivity contribution in [3.63, 3.8) is 0 Å². The van der Waals surface area contributed by atoms with Gasteiger partial charge in [-0.1, -0.05) is 26.7 Å². The van der Waals surface area contributed by atoms with Gasteiger partial charge in [0.05, 0.1) is 0 Å². The molecule has 0 atom stereocenters. The van der Waals surface area contributed by atoms with E-state index in [9.17, 15) is 4.79 Å². The first-order valence-corrected chi connectivity index (χ1v) is 3.84. The second-order valence-electron chi connectivity index (χ2n) is 3.03. The summed E-state index contributed by atoms with van der Waals surface area (Å²) >= 11 is 0. The monoisotopic (exact) mass is 200 g/mol. The number of carbonyl (C=O) groups is 1. The largest absolute Gasteiger partial charge is 0.481 e. The van der Waals surface area contributed by atoms with Gasteiger partial charge in [0.25, 0.3) is 0 Å². The van der Waals surface area contributed by atoms with Crippen LogP contribution in [0.3, 0.4) is 0 Å². The molecule has 1 N–H and O–H groups in total. The smallest absolute Gasteiger partial charge is 0.303 e. The van der Waals surface area contributed by atoms with Crippen molar-refractivity contribution in [1.29, 1.82) is 0 Å². The zero-order valence-electron chi connectivity index (χ0n) is 7.11. The molecule has 0 bridgehead atoms. The van der Waals surface area contributed by atoms with Gasteiger partial charge in [-0.3, -0.25) is 4.79 Å². The standard InChI is InChI=1S/C8H16O2.Fe/c1-7(2)5-3-4-6-8(9)10;/h7H,3-6H2,1-2H3,(H,9,10);. The number of hydrogen-bond donors (Lipinski definition) is 1. The molecule has 0 aromatic carbocycles. The predicted octanol–water partition coefficient (Wildman–Crippen LogP) is 2.28. The van der Waals surface area contributed by atoms with Crippen molar-refractivity contribution in [2.24, 2.45) is 5.92 Å². The van der Waals surface area contributed by atoms with E-state index >= 15 is 0 Å². The molecule has 68 valence electrons. The van der Waals surface area contributed by atoms with Gasteiger partial charge in [-0.15, -0.1) is 0 Å². The summed E-state index contributed by atoms with van der Waals surface area (Å²) in [6, 6.07) is 0. The van der Waals surface area contributed by atoms with Crippen LogP contribution >= 0.6 is 0 Å². The molecule has 2 nitrogen and oxygen atoms in total. The second-order valence-corrected chi connectivity index (χ2v) is 3.03. The van der Waals surface area contributed by atoms with Crippen molar-refractivity contribution in [1.82, 2.24) is 0 Å². The number of carboxylic acid groups (broad SMARTS) is 1. The average molecular weight is 200 g/mol. The van der Waals surface area contributed by atoms with Crippen molar-refractivity contribution in [3.8, 4) is 0 Å². The maximum atomic E-state index is 10.0. The third kappa shape index (κ3) is 13.1. The normalized spacial score (nSPS) is 9.36. The Labute approximate surface area is 78.8 Å². The predicted molar refractivity (Wildman–Crippen MR) is 40.9 cm³/mol. The van der Waals surface area contributed by atoms with E-state index in [1.54, 1.807) is 0 Å². The van der Waals surface area contributed by atoms with Crippen LogP contribution in [-0.4, -0.2) is 11.1 Å². The summed E-state index contributed by atoms with van der Waals surface area (Å²) in [7, 11) is 0. The second kappa shape index (κ2) is 8.09. The van der Waals surface area contributed by atoms with Gasteiger partial charge in [0.15, 0.2) is 0 Å². The third-order valence-corrected chi connectivity index (χ3v) is 1.42. The molecule has 0 unspecified atom stereocenters. The Bertz CT molecular complexity index is 102. The molecule has 0 aliphatic rings. The Morgan fingerprint density at radius 1 is 1.36 bits per heavy atom. The molecule has 0 fully saturated rings. The molecule has 0 saturated heterocycles. The van der Waals surface area contributed by atoms with Crippen LogP contribution in [0.4, 0.5) is 0 Å². The molecular weight excluding hydrogens is 184 g/mol. The van der Waals surface area contributed by atoms with Crippen LogP contribution in [0.15, 0.2) is 0 Å². The summed E-state index contributed by atoms with van der Waals surface area (Å²) in [5.74, 6) is 0.0255. The van der Waals surface area contributed by atoms with E-state index in [2.05, 4.69) is 13.8 Å². The van der Waals surface area contributed by atoms with Crippen molar-refractivity contribution < 1.29 is 27.0 Å². The van der Waals surface area contributed by atoms with E-state index < -0.39 is 5.97 Å². The van der Waals surface area contributed by atoms with Gasteiger partial charge < -0.3 is 5.11 Å². The Kier molecular flexibility index (Phi) is 9.98. The van der Waals surface area contributed by atoms with Crippen molar-refractivity contribution in [2.75, 3.05) is 0 Å². The number of carboxylic acids is 1. The SMILES string of the molecule is CC(C)CCCCC(=O)O.[Fe]. The van der Waals surface area contributed by atoms with Crippen LogP contribution < -0.4 is 0 Å². The molecule has 0 spiro atoms. The van der Waals surface area contributed by atoms with Gasteiger partial charge in [-0.25, -0.2) is 0 Å². The van der Waals surface area contributed by atoms with Crippen LogP contribution in [0.25, 0.3) is 0 Å². The summed E-state index contributed by atoms with van der Waals surface area (Å²) < 4.78 is 0. The molecule has 0 aromatic heterocycles. The number of aliphatic carboxylic acids is 1. The molecule has 0 rings (SSSR count). The molecule has 0 saturated carbocycles.